The molecule has 0 radical (unpaired) electrons. The minimum atomic E-state index is -0.240. The van der Waals surface area contributed by atoms with Crippen molar-refractivity contribution < 1.29 is 9.47 Å². The number of benzene rings is 2. The SMILES string of the molecule is CC(C)(C)n1nnnc1[C@H](c1ccc2c(c1)OCO2)N1CCN(c2cccc(Cl)c2)CC1. The first-order chi connectivity index (χ1) is 15.4. The molecule has 9 heteroatoms. The van der Waals surface area contributed by atoms with Crippen LogP contribution in [0.1, 0.15) is 38.2 Å². The third-order valence-corrected chi connectivity index (χ3v) is 6.17. The lowest BCUT2D eigenvalue weighted by Crippen LogP contribution is -2.48. The second-order valence-corrected chi connectivity index (χ2v) is 9.57. The summed E-state index contributed by atoms with van der Waals surface area (Å²) in [6.07, 6.45) is 0. The summed E-state index contributed by atoms with van der Waals surface area (Å²) >= 11 is 6.21. The second-order valence-electron chi connectivity index (χ2n) is 9.14. The third-order valence-electron chi connectivity index (χ3n) is 5.94. The molecule has 0 amide bonds. The highest BCUT2D eigenvalue weighted by atomic mass is 35.5. The Morgan fingerprint density at radius 2 is 1.75 bits per heavy atom. The maximum absolute atomic E-state index is 6.21. The lowest BCUT2D eigenvalue weighted by atomic mass is 10.0. The predicted octanol–water partition coefficient (Wildman–Crippen LogP) is 3.72. The minimum Gasteiger partial charge on any atom is -0.454 e. The van der Waals surface area contributed by atoms with Crippen LogP contribution in [0, 0.1) is 0 Å². The average Bonchev–Trinajstić information content (AvgIpc) is 3.44. The number of aromatic nitrogens is 4. The number of piperazine rings is 1. The van der Waals surface area contributed by atoms with Crippen LogP contribution in [0.2, 0.25) is 5.02 Å². The molecule has 168 valence electrons. The van der Waals surface area contributed by atoms with E-state index in [2.05, 4.69) is 64.3 Å². The van der Waals surface area contributed by atoms with Crippen molar-refractivity contribution in [2.75, 3.05) is 37.9 Å². The molecule has 2 aromatic carbocycles. The summed E-state index contributed by atoms with van der Waals surface area (Å²) in [5, 5.41) is 13.6. The Labute approximate surface area is 192 Å². The Morgan fingerprint density at radius 1 is 0.969 bits per heavy atom. The molecule has 8 nitrogen and oxygen atoms in total. The van der Waals surface area contributed by atoms with E-state index in [1.807, 2.05) is 28.9 Å². The zero-order valence-electron chi connectivity index (χ0n) is 18.5. The first-order valence-electron chi connectivity index (χ1n) is 10.8. The number of fused-ring (bicyclic) bond motifs is 1. The van der Waals surface area contributed by atoms with Crippen LogP contribution in [0.4, 0.5) is 5.69 Å². The molecule has 1 atom stereocenters. The molecule has 0 bridgehead atoms. The highest BCUT2D eigenvalue weighted by Crippen LogP contribution is 2.38. The Balaban J connectivity index is 1.47. The first kappa shape index (κ1) is 21.0. The summed E-state index contributed by atoms with van der Waals surface area (Å²) in [7, 11) is 0. The van der Waals surface area contributed by atoms with Gasteiger partial charge >= 0.3 is 0 Å². The van der Waals surface area contributed by atoms with Crippen LogP contribution in [0.3, 0.4) is 0 Å². The molecule has 0 unspecified atom stereocenters. The topological polar surface area (TPSA) is 68.5 Å². The molecule has 1 aromatic heterocycles. The van der Waals surface area contributed by atoms with Crippen molar-refractivity contribution in [1.29, 1.82) is 0 Å². The van der Waals surface area contributed by atoms with Gasteiger partial charge in [0.2, 0.25) is 6.79 Å². The van der Waals surface area contributed by atoms with Crippen LogP contribution < -0.4 is 14.4 Å². The molecule has 5 rings (SSSR count). The van der Waals surface area contributed by atoms with Crippen molar-refractivity contribution in [1.82, 2.24) is 25.1 Å². The van der Waals surface area contributed by atoms with Crippen molar-refractivity contribution in [3.05, 3.63) is 58.9 Å². The molecule has 3 heterocycles. The molecule has 0 N–H and O–H groups in total. The van der Waals surface area contributed by atoms with E-state index in [1.165, 1.54) is 0 Å². The number of halogens is 1. The molecule has 1 saturated heterocycles. The first-order valence-corrected chi connectivity index (χ1v) is 11.2. The van der Waals surface area contributed by atoms with Gasteiger partial charge in [0.25, 0.3) is 0 Å². The van der Waals surface area contributed by atoms with Crippen molar-refractivity contribution in [2.45, 2.75) is 32.4 Å². The van der Waals surface area contributed by atoms with Crippen molar-refractivity contribution in [2.24, 2.45) is 0 Å². The van der Waals surface area contributed by atoms with Gasteiger partial charge in [-0.15, -0.1) is 5.10 Å². The second kappa shape index (κ2) is 8.26. The van der Waals surface area contributed by atoms with Crippen LogP contribution in [0.5, 0.6) is 11.5 Å². The molecule has 0 saturated carbocycles. The van der Waals surface area contributed by atoms with Gasteiger partial charge in [-0.3, -0.25) is 4.90 Å². The quantitative estimate of drug-likeness (QED) is 0.595. The van der Waals surface area contributed by atoms with E-state index >= 15 is 0 Å². The van der Waals surface area contributed by atoms with E-state index in [0.717, 1.165) is 59.8 Å². The van der Waals surface area contributed by atoms with Gasteiger partial charge in [-0.1, -0.05) is 23.7 Å². The number of tetrazole rings is 1. The van der Waals surface area contributed by atoms with Gasteiger partial charge in [0.15, 0.2) is 17.3 Å². The van der Waals surface area contributed by atoms with Crippen molar-refractivity contribution in [3.63, 3.8) is 0 Å². The van der Waals surface area contributed by atoms with Crippen molar-refractivity contribution >= 4 is 17.3 Å². The molecule has 3 aromatic rings. The van der Waals surface area contributed by atoms with Crippen molar-refractivity contribution in [3.8, 4) is 11.5 Å². The monoisotopic (exact) mass is 454 g/mol. The maximum Gasteiger partial charge on any atom is 0.231 e. The summed E-state index contributed by atoms with van der Waals surface area (Å²) in [6.45, 7) is 10.1. The van der Waals surface area contributed by atoms with Crippen LogP contribution >= 0.6 is 11.6 Å². The van der Waals surface area contributed by atoms with Gasteiger partial charge in [0, 0.05) is 36.9 Å². The van der Waals surface area contributed by atoms with E-state index in [0.29, 0.717) is 0 Å². The lowest BCUT2D eigenvalue weighted by Gasteiger charge is -2.40. The van der Waals surface area contributed by atoms with E-state index < -0.39 is 0 Å². The number of rotatable bonds is 4. The highest BCUT2D eigenvalue weighted by molar-refractivity contribution is 6.30. The third kappa shape index (κ3) is 4.00. The normalized spacial score (nSPS) is 17.6. The summed E-state index contributed by atoms with van der Waals surface area (Å²) in [5.41, 5.74) is 2.00. The van der Waals surface area contributed by atoms with E-state index in [1.54, 1.807) is 0 Å². The van der Waals surface area contributed by atoms with Crippen LogP contribution in [-0.4, -0.2) is 58.1 Å². The van der Waals surface area contributed by atoms with Gasteiger partial charge in [-0.25, -0.2) is 4.68 Å². The summed E-state index contributed by atoms with van der Waals surface area (Å²) in [4.78, 5) is 4.80. The van der Waals surface area contributed by atoms with Crippen LogP contribution in [-0.2, 0) is 5.54 Å². The molecule has 2 aliphatic heterocycles. The summed E-state index contributed by atoms with van der Waals surface area (Å²) in [5.74, 6) is 2.36. The predicted molar refractivity (Wildman–Crippen MR) is 122 cm³/mol. The zero-order chi connectivity index (χ0) is 22.3. The standard InChI is InChI=1S/C23H27ClN6O2/c1-23(2,3)30-22(25-26-27-30)21(16-7-8-19-20(13-16)32-15-31-19)29-11-9-28(10-12-29)18-6-4-5-17(24)14-18/h4-8,13-14,21H,9-12,15H2,1-3H3/t21-/m0/s1. The minimum absolute atomic E-state index is 0.0970. The fourth-order valence-corrected chi connectivity index (χ4v) is 4.54. The largest absolute Gasteiger partial charge is 0.454 e. The Bertz CT molecular complexity index is 1100. The van der Waals surface area contributed by atoms with Crippen LogP contribution in [0.15, 0.2) is 42.5 Å². The highest BCUT2D eigenvalue weighted by Gasteiger charge is 2.34. The van der Waals surface area contributed by atoms with E-state index in [4.69, 9.17) is 21.1 Å². The number of nitrogens with zero attached hydrogens (tertiary/aromatic N) is 6. The average molecular weight is 455 g/mol. The van der Waals surface area contributed by atoms with Gasteiger partial charge < -0.3 is 14.4 Å². The van der Waals surface area contributed by atoms with Gasteiger partial charge in [-0.2, -0.15) is 0 Å². The number of hydrogen-bond acceptors (Lipinski definition) is 7. The molecule has 0 aliphatic carbocycles. The smallest absolute Gasteiger partial charge is 0.231 e. The summed E-state index contributed by atoms with van der Waals surface area (Å²) in [6, 6.07) is 14.0. The Morgan fingerprint density at radius 3 is 2.50 bits per heavy atom. The molecule has 0 spiro atoms. The van der Waals surface area contributed by atoms with Gasteiger partial charge in [0.05, 0.1) is 11.6 Å². The maximum atomic E-state index is 6.21. The van der Waals surface area contributed by atoms with E-state index in [-0.39, 0.29) is 18.4 Å². The Hall–Kier alpha value is -2.84. The molecule has 2 aliphatic rings. The van der Waals surface area contributed by atoms with E-state index in [9.17, 15) is 0 Å². The number of hydrogen-bond donors (Lipinski definition) is 0. The van der Waals surface area contributed by atoms with Gasteiger partial charge in [0.1, 0.15) is 0 Å². The Kier molecular flexibility index (Phi) is 5.43. The fourth-order valence-electron chi connectivity index (χ4n) is 4.36. The summed E-state index contributed by atoms with van der Waals surface area (Å²) < 4.78 is 13.1. The molecular weight excluding hydrogens is 428 g/mol. The molecule has 32 heavy (non-hydrogen) atoms. The number of anilines is 1. The van der Waals surface area contributed by atoms with Gasteiger partial charge in [-0.05, 0) is 67.1 Å². The number of ether oxygens (including phenoxy) is 2. The molecule has 1 fully saturated rings. The lowest BCUT2D eigenvalue weighted by molar-refractivity contribution is 0.173. The zero-order valence-corrected chi connectivity index (χ0v) is 19.3. The fraction of sp³-hybridized carbons (Fsp3) is 0.435. The van der Waals surface area contributed by atoms with Crippen LogP contribution in [0.25, 0.3) is 0 Å². The molecular formula is C23H27ClN6O2.